The summed E-state index contributed by atoms with van der Waals surface area (Å²) >= 11 is 0. The van der Waals surface area contributed by atoms with Gasteiger partial charge in [-0.3, -0.25) is 4.79 Å². The summed E-state index contributed by atoms with van der Waals surface area (Å²) in [6.07, 6.45) is 0.860. The molecule has 0 saturated heterocycles. The average molecular weight is 299 g/mol. The van der Waals surface area contributed by atoms with Gasteiger partial charge in [-0.1, -0.05) is 18.2 Å². The van der Waals surface area contributed by atoms with Crippen molar-refractivity contribution in [2.24, 2.45) is 5.73 Å². The molecule has 0 fully saturated rings. The maximum absolute atomic E-state index is 11.7. The Morgan fingerprint density at radius 1 is 1.00 bits per heavy atom. The molecule has 0 unspecified atom stereocenters. The zero-order chi connectivity index (χ0) is 15.6. The Kier molecular flexibility index (Phi) is 6.41. The molecule has 2 aromatic carbocycles. The topological polar surface area (TPSA) is 76.4 Å². The first kappa shape index (κ1) is 16.0. The lowest BCUT2D eigenvalue weighted by atomic mass is 10.3. The number of rotatable bonds is 8. The highest BCUT2D eigenvalue weighted by Crippen LogP contribution is 2.22. The Labute approximate surface area is 130 Å². The fourth-order valence-electron chi connectivity index (χ4n) is 1.87. The summed E-state index contributed by atoms with van der Waals surface area (Å²) in [5, 5.41) is 5.86. The maximum Gasteiger partial charge on any atom is 0.238 e. The van der Waals surface area contributed by atoms with Gasteiger partial charge in [0.1, 0.15) is 11.5 Å². The largest absolute Gasteiger partial charge is 0.457 e. The fraction of sp³-hybridized carbons (Fsp3) is 0.235. The molecule has 0 saturated carbocycles. The van der Waals surface area contributed by atoms with Crippen LogP contribution in [-0.4, -0.2) is 25.5 Å². The van der Waals surface area contributed by atoms with Gasteiger partial charge in [-0.25, -0.2) is 0 Å². The van der Waals surface area contributed by atoms with Gasteiger partial charge in [0, 0.05) is 5.69 Å². The summed E-state index contributed by atoms with van der Waals surface area (Å²) in [5.74, 6) is 1.43. The molecule has 2 rings (SSSR count). The van der Waals surface area contributed by atoms with Gasteiger partial charge in [-0.05, 0) is 55.9 Å². The molecule has 2 aromatic rings. The molecule has 5 heteroatoms. The number of carbonyl (C=O) groups excluding carboxylic acids is 1. The average Bonchev–Trinajstić information content (AvgIpc) is 2.54. The van der Waals surface area contributed by atoms with Gasteiger partial charge in [0.2, 0.25) is 5.91 Å². The Balaban J connectivity index is 1.80. The molecule has 0 atom stereocenters. The normalized spacial score (nSPS) is 10.2. The van der Waals surface area contributed by atoms with Crippen molar-refractivity contribution in [1.82, 2.24) is 5.32 Å². The highest BCUT2D eigenvalue weighted by molar-refractivity contribution is 5.92. The van der Waals surface area contributed by atoms with Crippen molar-refractivity contribution in [3.05, 3.63) is 54.6 Å². The van der Waals surface area contributed by atoms with Crippen molar-refractivity contribution < 1.29 is 9.53 Å². The fourth-order valence-corrected chi connectivity index (χ4v) is 1.87. The summed E-state index contributed by atoms with van der Waals surface area (Å²) in [5.41, 5.74) is 6.13. The molecular weight excluding hydrogens is 278 g/mol. The Bertz CT molecular complexity index is 570. The van der Waals surface area contributed by atoms with Gasteiger partial charge in [-0.15, -0.1) is 0 Å². The van der Waals surface area contributed by atoms with Crippen LogP contribution in [0, 0.1) is 0 Å². The predicted molar refractivity (Wildman–Crippen MR) is 88.1 cm³/mol. The third kappa shape index (κ3) is 5.55. The second-order valence-electron chi connectivity index (χ2n) is 4.81. The first-order valence-corrected chi connectivity index (χ1v) is 7.31. The monoisotopic (exact) mass is 299 g/mol. The van der Waals surface area contributed by atoms with Crippen molar-refractivity contribution in [1.29, 1.82) is 0 Å². The molecule has 0 heterocycles. The van der Waals surface area contributed by atoms with Gasteiger partial charge in [0.15, 0.2) is 0 Å². The summed E-state index contributed by atoms with van der Waals surface area (Å²) in [7, 11) is 0. The smallest absolute Gasteiger partial charge is 0.238 e. The van der Waals surface area contributed by atoms with E-state index in [2.05, 4.69) is 10.6 Å². The molecule has 5 nitrogen and oxygen atoms in total. The van der Waals surface area contributed by atoms with E-state index in [-0.39, 0.29) is 12.5 Å². The first-order valence-electron chi connectivity index (χ1n) is 7.31. The van der Waals surface area contributed by atoms with Crippen LogP contribution in [0.1, 0.15) is 6.42 Å². The standard InChI is InChI=1S/C17H21N3O2/c18-11-4-12-19-13-17(21)20-14-7-9-16(10-8-14)22-15-5-2-1-3-6-15/h1-3,5-10,19H,4,11-13,18H2,(H,20,21). The predicted octanol–water partition coefficient (Wildman–Crippen LogP) is 2.36. The molecule has 0 aliphatic carbocycles. The van der Waals surface area contributed by atoms with Crippen LogP contribution in [-0.2, 0) is 4.79 Å². The minimum Gasteiger partial charge on any atom is -0.457 e. The van der Waals surface area contributed by atoms with Crippen LogP contribution in [0.3, 0.4) is 0 Å². The Morgan fingerprint density at radius 3 is 2.36 bits per heavy atom. The van der Waals surface area contributed by atoms with E-state index in [0.29, 0.717) is 6.54 Å². The molecule has 4 N–H and O–H groups in total. The third-order valence-electron chi connectivity index (χ3n) is 2.96. The number of hydrogen-bond acceptors (Lipinski definition) is 4. The molecule has 0 radical (unpaired) electrons. The summed E-state index contributed by atoms with van der Waals surface area (Å²) in [4.78, 5) is 11.7. The van der Waals surface area contributed by atoms with Crippen LogP contribution < -0.4 is 21.1 Å². The zero-order valence-electron chi connectivity index (χ0n) is 12.4. The van der Waals surface area contributed by atoms with Gasteiger partial charge in [0.25, 0.3) is 0 Å². The maximum atomic E-state index is 11.7. The van der Waals surface area contributed by atoms with Gasteiger partial charge < -0.3 is 21.1 Å². The molecular formula is C17H21N3O2. The molecule has 0 aliphatic heterocycles. The number of anilines is 1. The van der Waals surface area contributed by atoms with Crippen molar-refractivity contribution >= 4 is 11.6 Å². The van der Waals surface area contributed by atoms with Crippen molar-refractivity contribution in [2.75, 3.05) is 25.0 Å². The number of nitrogens with two attached hydrogens (primary N) is 1. The highest BCUT2D eigenvalue weighted by atomic mass is 16.5. The van der Waals surface area contributed by atoms with E-state index >= 15 is 0 Å². The van der Waals surface area contributed by atoms with Crippen LogP contribution in [0.4, 0.5) is 5.69 Å². The lowest BCUT2D eigenvalue weighted by Crippen LogP contribution is -2.29. The lowest BCUT2D eigenvalue weighted by molar-refractivity contribution is -0.115. The molecule has 0 aromatic heterocycles. The minimum absolute atomic E-state index is 0.0752. The number of nitrogens with one attached hydrogen (secondary N) is 2. The second kappa shape index (κ2) is 8.81. The van der Waals surface area contributed by atoms with E-state index < -0.39 is 0 Å². The number of hydrogen-bond donors (Lipinski definition) is 3. The molecule has 0 spiro atoms. The van der Waals surface area contributed by atoms with E-state index in [9.17, 15) is 4.79 Å². The number of carbonyl (C=O) groups is 1. The van der Waals surface area contributed by atoms with Crippen LogP contribution in [0.5, 0.6) is 11.5 Å². The van der Waals surface area contributed by atoms with E-state index in [1.807, 2.05) is 54.6 Å². The van der Waals surface area contributed by atoms with E-state index in [1.165, 1.54) is 0 Å². The summed E-state index contributed by atoms with van der Waals surface area (Å²) in [6.45, 7) is 1.65. The van der Waals surface area contributed by atoms with E-state index in [0.717, 1.165) is 30.2 Å². The van der Waals surface area contributed by atoms with Crippen LogP contribution >= 0.6 is 0 Å². The van der Waals surface area contributed by atoms with Crippen LogP contribution in [0.15, 0.2) is 54.6 Å². The van der Waals surface area contributed by atoms with E-state index in [4.69, 9.17) is 10.5 Å². The number of benzene rings is 2. The molecule has 116 valence electrons. The van der Waals surface area contributed by atoms with Crippen molar-refractivity contribution in [3.63, 3.8) is 0 Å². The highest BCUT2D eigenvalue weighted by Gasteiger charge is 2.02. The van der Waals surface area contributed by atoms with Crippen molar-refractivity contribution in [2.45, 2.75) is 6.42 Å². The first-order chi connectivity index (χ1) is 10.8. The number of amides is 1. The number of para-hydroxylation sites is 1. The van der Waals surface area contributed by atoms with Crippen molar-refractivity contribution in [3.8, 4) is 11.5 Å². The van der Waals surface area contributed by atoms with Crippen LogP contribution in [0.2, 0.25) is 0 Å². The van der Waals surface area contributed by atoms with E-state index in [1.54, 1.807) is 0 Å². The molecule has 22 heavy (non-hydrogen) atoms. The second-order valence-corrected chi connectivity index (χ2v) is 4.81. The van der Waals surface area contributed by atoms with Gasteiger partial charge in [-0.2, -0.15) is 0 Å². The van der Waals surface area contributed by atoms with Gasteiger partial charge >= 0.3 is 0 Å². The minimum atomic E-state index is -0.0752. The SMILES string of the molecule is NCCCNCC(=O)Nc1ccc(Oc2ccccc2)cc1. The third-order valence-corrected chi connectivity index (χ3v) is 2.96. The Hall–Kier alpha value is -2.37. The molecule has 0 bridgehead atoms. The summed E-state index contributed by atoms with van der Waals surface area (Å²) in [6, 6.07) is 16.8. The van der Waals surface area contributed by atoms with Crippen LogP contribution in [0.25, 0.3) is 0 Å². The van der Waals surface area contributed by atoms with Gasteiger partial charge in [0.05, 0.1) is 6.54 Å². The molecule has 0 aliphatic rings. The molecule has 1 amide bonds. The number of ether oxygens (including phenoxy) is 1. The summed E-state index contributed by atoms with van der Waals surface area (Å²) < 4.78 is 5.69. The Morgan fingerprint density at radius 2 is 1.68 bits per heavy atom. The lowest BCUT2D eigenvalue weighted by Gasteiger charge is -2.08. The quantitative estimate of drug-likeness (QED) is 0.654. The zero-order valence-corrected chi connectivity index (χ0v) is 12.4.